The van der Waals surface area contributed by atoms with Crippen LogP contribution in [0.3, 0.4) is 0 Å². The van der Waals surface area contributed by atoms with Crippen molar-refractivity contribution >= 4 is 33.5 Å². The van der Waals surface area contributed by atoms with Crippen molar-refractivity contribution in [2.24, 2.45) is 0 Å². The lowest BCUT2D eigenvalue weighted by Gasteiger charge is -2.06. The van der Waals surface area contributed by atoms with Gasteiger partial charge in [-0.15, -0.1) is 0 Å². The number of esters is 1. The van der Waals surface area contributed by atoms with E-state index in [1.807, 2.05) is 0 Å². The van der Waals surface area contributed by atoms with Crippen molar-refractivity contribution < 1.29 is 32.2 Å². The summed E-state index contributed by atoms with van der Waals surface area (Å²) in [5.74, 6) is 0.0407. The topological polar surface area (TPSA) is 108 Å². The van der Waals surface area contributed by atoms with E-state index in [9.17, 15) is 18.0 Å². The maximum absolute atomic E-state index is 12.1. The van der Waals surface area contributed by atoms with E-state index in [0.717, 1.165) is 6.26 Å². The number of anilines is 1. The van der Waals surface area contributed by atoms with Crippen LogP contribution in [0.2, 0.25) is 0 Å². The monoisotopic (exact) mass is 419 g/mol. The van der Waals surface area contributed by atoms with Gasteiger partial charge in [0, 0.05) is 23.4 Å². The van der Waals surface area contributed by atoms with Crippen LogP contribution in [0.1, 0.15) is 15.9 Å². The van der Waals surface area contributed by atoms with Gasteiger partial charge in [0.05, 0.1) is 20.5 Å². The van der Waals surface area contributed by atoms with Gasteiger partial charge in [-0.1, -0.05) is 0 Å². The van der Waals surface area contributed by atoms with Crippen LogP contribution in [-0.2, 0) is 19.6 Å². The van der Waals surface area contributed by atoms with Gasteiger partial charge in [0.25, 0.3) is 0 Å². The number of hydrogen-bond donors (Lipinski definition) is 1. The first-order valence-corrected chi connectivity index (χ1v) is 10.3. The van der Waals surface area contributed by atoms with E-state index >= 15 is 0 Å². The zero-order chi connectivity index (χ0) is 21.4. The van der Waals surface area contributed by atoms with E-state index in [0.29, 0.717) is 28.3 Å². The molecule has 0 unspecified atom stereocenters. The van der Waals surface area contributed by atoms with E-state index < -0.39 is 28.4 Å². The molecule has 0 heterocycles. The number of carbonyl (C=O) groups excluding carboxylic acids is 2. The van der Waals surface area contributed by atoms with Crippen molar-refractivity contribution in [1.29, 1.82) is 0 Å². The minimum absolute atomic E-state index is 0.290. The molecule has 2 aromatic carbocycles. The van der Waals surface area contributed by atoms with Gasteiger partial charge < -0.3 is 14.2 Å². The van der Waals surface area contributed by atoms with Crippen LogP contribution in [0.5, 0.6) is 11.5 Å². The van der Waals surface area contributed by atoms with Crippen molar-refractivity contribution in [1.82, 2.24) is 0 Å². The number of sulfonamides is 1. The van der Waals surface area contributed by atoms with Crippen molar-refractivity contribution in [3.8, 4) is 11.5 Å². The molecule has 0 spiro atoms. The summed E-state index contributed by atoms with van der Waals surface area (Å²) < 4.78 is 39.9. The average Bonchev–Trinajstić information content (AvgIpc) is 2.69. The third kappa shape index (κ3) is 7.30. The van der Waals surface area contributed by atoms with Gasteiger partial charge in [0.15, 0.2) is 12.4 Å². The van der Waals surface area contributed by atoms with Crippen molar-refractivity contribution in [2.75, 3.05) is 31.8 Å². The SMILES string of the molecule is COc1cc(/C=C/C(=O)OCC(=O)c2ccc(NS(C)(=O)=O)cc2)cc(OC)c1. The number of Topliss-reactive ketones (excluding diaryl/α,β-unsaturated/α-hetero) is 1. The normalized spacial score (nSPS) is 11.1. The molecule has 0 aliphatic rings. The number of ketones is 1. The van der Waals surface area contributed by atoms with Crippen molar-refractivity contribution in [3.63, 3.8) is 0 Å². The highest BCUT2D eigenvalue weighted by atomic mass is 32.2. The summed E-state index contributed by atoms with van der Waals surface area (Å²) in [6.45, 7) is -0.441. The molecule has 0 amide bonds. The molecule has 0 aliphatic carbocycles. The Morgan fingerprint density at radius 2 is 1.59 bits per heavy atom. The maximum Gasteiger partial charge on any atom is 0.331 e. The Bertz CT molecular complexity index is 989. The molecule has 0 fully saturated rings. The van der Waals surface area contributed by atoms with Crippen LogP contribution < -0.4 is 14.2 Å². The number of nitrogens with one attached hydrogen (secondary N) is 1. The quantitative estimate of drug-likeness (QED) is 0.378. The minimum Gasteiger partial charge on any atom is -0.497 e. The predicted molar refractivity (Wildman–Crippen MR) is 109 cm³/mol. The Kier molecular flexibility index (Phi) is 7.38. The summed E-state index contributed by atoms with van der Waals surface area (Å²) in [4.78, 5) is 24.0. The van der Waals surface area contributed by atoms with Crippen LogP contribution in [0.4, 0.5) is 5.69 Å². The van der Waals surface area contributed by atoms with Gasteiger partial charge in [-0.25, -0.2) is 13.2 Å². The Hall–Kier alpha value is -3.33. The van der Waals surface area contributed by atoms with E-state index in [4.69, 9.17) is 14.2 Å². The minimum atomic E-state index is -3.40. The number of rotatable bonds is 9. The van der Waals surface area contributed by atoms with Gasteiger partial charge in [-0.05, 0) is 48.0 Å². The van der Waals surface area contributed by atoms with Crippen LogP contribution in [0.25, 0.3) is 6.08 Å². The van der Waals surface area contributed by atoms with E-state index in [2.05, 4.69) is 4.72 Å². The number of carbonyl (C=O) groups is 2. The van der Waals surface area contributed by atoms with Gasteiger partial charge in [-0.3, -0.25) is 9.52 Å². The lowest BCUT2D eigenvalue weighted by atomic mass is 10.1. The number of ether oxygens (including phenoxy) is 3. The first kappa shape index (κ1) is 22.0. The van der Waals surface area contributed by atoms with Crippen LogP contribution in [0, 0.1) is 0 Å². The lowest BCUT2D eigenvalue weighted by molar-refractivity contribution is -0.136. The highest BCUT2D eigenvalue weighted by molar-refractivity contribution is 7.92. The molecule has 0 atom stereocenters. The second-order valence-corrected chi connectivity index (χ2v) is 7.71. The largest absolute Gasteiger partial charge is 0.497 e. The van der Waals surface area contributed by atoms with E-state index in [-0.39, 0.29) is 0 Å². The predicted octanol–water partition coefficient (Wildman–Crippen LogP) is 2.51. The molecule has 2 rings (SSSR count). The molecule has 0 aromatic heterocycles. The number of methoxy groups -OCH3 is 2. The van der Waals surface area contributed by atoms with E-state index in [1.165, 1.54) is 50.6 Å². The zero-order valence-corrected chi connectivity index (χ0v) is 17.0. The van der Waals surface area contributed by atoms with Crippen LogP contribution >= 0.6 is 0 Å². The summed E-state index contributed by atoms with van der Waals surface area (Å²) in [7, 11) is -0.358. The van der Waals surface area contributed by atoms with Crippen molar-refractivity contribution in [3.05, 3.63) is 59.7 Å². The fourth-order valence-corrected chi connectivity index (χ4v) is 2.86. The van der Waals surface area contributed by atoms with Gasteiger partial charge in [-0.2, -0.15) is 0 Å². The highest BCUT2D eigenvalue weighted by Gasteiger charge is 2.10. The molecule has 9 heteroatoms. The smallest absolute Gasteiger partial charge is 0.331 e. The molecule has 0 bridgehead atoms. The van der Waals surface area contributed by atoms with Gasteiger partial charge in [0.1, 0.15) is 11.5 Å². The maximum atomic E-state index is 12.1. The van der Waals surface area contributed by atoms with Gasteiger partial charge >= 0.3 is 5.97 Å². The second-order valence-electron chi connectivity index (χ2n) is 5.96. The Balaban J connectivity index is 1.93. The molecule has 0 radical (unpaired) electrons. The molecule has 0 saturated heterocycles. The zero-order valence-electron chi connectivity index (χ0n) is 16.2. The van der Waals surface area contributed by atoms with Crippen LogP contribution in [-0.4, -0.2) is 47.3 Å². The number of benzene rings is 2. The summed E-state index contributed by atoms with van der Waals surface area (Å²) in [5, 5.41) is 0. The molecule has 1 N–H and O–H groups in total. The summed E-state index contributed by atoms with van der Waals surface area (Å²) >= 11 is 0. The fraction of sp³-hybridized carbons (Fsp3) is 0.200. The standard InChI is InChI=1S/C20H21NO7S/c1-26-17-10-14(11-18(12-17)27-2)4-9-20(23)28-13-19(22)15-5-7-16(8-6-15)21-29(3,24)25/h4-12,21H,13H2,1-3H3/b9-4+. The Morgan fingerprint density at radius 1 is 1.00 bits per heavy atom. The summed E-state index contributed by atoms with van der Waals surface area (Å²) in [6.07, 6.45) is 3.74. The lowest BCUT2D eigenvalue weighted by Crippen LogP contribution is -2.13. The molecule has 0 aliphatic heterocycles. The Morgan fingerprint density at radius 3 is 2.10 bits per heavy atom. The van der Waals surface area contributed by atoms with E-state index in [1.54, 1.807) is 18.2 Å². The first-order chi connectivity index (χ1) is 13.7. The third-order valence-electron chi connectivity index (χ3n) is 3.64. The summed E-state index contributed by atoms with van der Waals surface area (Å²) in [5.41, 5.74) is 1.29. The molecule has 2 aromatic rings. The molecule has 0 saturated carbocycles. The summed E-state index contributed by atoms with van der Waals surface area (Å²) in [6, 6.07) is 10.9. The average molecular weight is 419 g/mol. The molecule has 154 valence electrons. The second kappa shape index (κ2) is 9.74. The molecular formula is C20H21NO7S. The molecular weight excluding hydrogens is 398 g/mol. The molecule has 8 nitrogen and oxygen atoms in total. The van der Waals surface area contributed by atoms with Gasteiger partial charge in [0.2, 0.25) is 10.0 Å². The first-order valence-electron chi connectivity index (χ1n) is 8.39. The number of hydrogen-bond acceptors (Lipinski definition) is 7. The molecule has 29 heavy (non-hydrogen) atoms. The third-order valence-corrected chi connectivity index (χ3v) is 4.25. The van der Waals surface area contributed by atoms with Crippen LogP contribution in [0.15, 0.2) is 48.5 Å². The fourth-order valence-electron chi connectivity index (χ4n) is 2.30. The highest BCUT2D eigenvalue weighted by Crippen LogP contribution is 2.23. The Labute approximate surface area is 169 Å². The van der Waals surface area contributed by atoms with Crippen molar-refractivity contribution in [2.45, 2.75) is 0 Å².